The highest BCUT2D eigenvalue weighted by atomic mass is 16.5. The summed E-state index contributed by atoms with van der Waals surface area (Å²) in [6.45, 7) is -0.691. The van der Waals surface area contributed by atoms with Gasteiger partial charge < -0.3 is 4.74 Å². The molecule has 2 N–H and O–H groups in total. The number of nitrogens with zero attached hydrogens (tertiary/aromatic N) is 1. The largest absolute Gasteiger partial charge is 0.454 e. The van der Waals surface area contributed by atoms with Gasteiger partial charge in [-0.25, -0.2) is 4.79 Å². The average molecular weight is 476 g/mol. The van der Waals surface area contributed by atoms with Crippen LogP contribution in [0.2, 0.25) is 0 Å². The van der Waals surface area contributed by atoms with Crippen LogP contribution in [0.4, 0.5) is 0 Å². The van der Waals surface area contributed by atoms with E-state index in [0.29, 0.717) is 18.4 Å². The predicted molar refractivity (Wildman–Crippen MR) is 124 cm³/mol. The summed E-state index contributed by atoms with van der Waals surface area (Å²) in [5, 5.41) is 0. The third kappa shape index (κ3) is 5.46. The molecule has 0 saturated carbocycles. The topological polar surface area (TPSA) is 122 Å². The normalized spacial score (nSPS) is 19.6. The maximum atomic E-state index is 13.1. The monoisotopic (exact) mass is 475 g/mol. The van der Waals surface area contributed by atoms with Gasteiger partial charge in [-0.1, -0.05) is 60.7 Å². The van der Waals surface area contributed by atoms with Crippen LogP contribution in [0.1, 0.15) is 28.8 Å². The second kappa shape index (κ2) is 10.8. The van der Waals surface area contributed by atoms with Gasteiger partial charge in [-0.3, -0.25) is 34.9 Å². The van der Waals surface area contributed by atoms with Gasteiger partial charge in [0.2, 0.25) is 11.8 Å². The SMILES string of the molecule is O=C(COC(=O)[C@@H](Cc1ccccc1)N1C(=O)[C@H]2CC=CC[C@H]2C1=O)NNC(=O)c1ccccc1. The fourth-order valence-corrected chi connectivity index (χ4v) is 4.31. The number of likely N-dealkylation sites (tertiary alicyclic amines) is 1. The summed E-state index contributed by atoms with van der Waals surface area (Å²) in [7, 11) is 0. The number of amides is 4. The fraction of sp³-hybridized carbons (Fsp3) is 0.269. The molecule has 1 heterocycles. The van der Waals surface area contributed by atoms with Gasteiger partial charge in [-0.15, -0.1) is 0 Å². The van der Waals surface area contributed by atoms with Crippen LogP contribution >= 0.6 is 0 Å². The molecular weight excluding hydrogens is 450 g/mol. The highest BCUT2D eigenvalue weighted by Gasteiger charge is 2.51. The van der Waals surface area contributed by atoms with E-state index in [1.807, 2.05) is 18.2 Å². The molecule has 9 nitrogen and oxygen atoms in total. The second-order valence-corrected chi connectivity index (χ2v) is 8.38. The van der Waals surface area contributed by atoms with Crippen LogP contribution < -0.4 is 10.9 Å². The highest BCUT2D eigenvalue weighted by Crippen LogP contribution is 2.36. The molecule has 3 atom stereocenters. The van der Waals surface area contributed by atoms with Gasteiger partial charge in [0.1, 0.15) is 6.04 Å². The Morgan fingerprint density at radius 3 is 2.03 bits per heavy atom. The summed E-state index contributed by atoms with van der Waals surface area (Å²) in [6.07, 6.45) is 4.70. The van der Waals surface area contributed by atoms with Crippen LogP contribution in [0.3, 0.4) is 0 Å². The number of hydrazine groups is 1. The van der Waals surface area contributed by atoms with E-state index in [1.165, 1.54) is 0 Å². The van der Waals surface area contributed by atoms with E-state index in [9.17, 15) is 24.0 Å². The van der Waals surface area contributed by atoms with Gasteiger partial charge >= 0.3 is 5.97 Å². The van der Waals surface area contributed by atoms with Gasteiger partial charge in [0.25, 0.3) is 11.8 Å². The molecule has 9 heteroatoms. The number of hydrogen-bond acceptors (Lipinski definition) is 6. The number of allylic oxidation sites excluding steroid dienone is 2. The first-order chi connectivity index (χ1) is 17.0. The minimum Gasteiger partial charge on any atom is -0.454 e. The number of ether oxygens (including phenoxy) is 1. The molecule has 4 rings (SSSR count). The molecule has 0 bridgehead atoms. The predicted octanol–water partition coefficient (Wildman–Crippen LogP) is 1.55. The van der Waals surface area contributed by atoms with E-state index >= 15 is 0 Å². The van der Waals surface area contributed by atoms with Gasteiger partial charge in [0.05, 0.1) is 11.8 Å². The van der Waals surface area contributed by atoms with E-state index in [-0.39, 0.29) is 6.42 Å². The number of imide groups is 1. The summed E-state index contributed by atoms with van der Waals surface area (Å²) in [5.74, 6) is -3.95. The van der Waals surface area contributed by atoms with Crippen molar-refractivity contribution < 1.29 is 28.7 Å². The van der Waals surface area contributed by atoms with Gasteiger partial charge in [0, 0.05) is 12.0 Å². The summed E-state index contributed by atoms with van der Waals surface area (Å²) in [5.41, 5.74) is 5.50. The maximum absolute atomic E-state index is 13.1. The van der Waals surface area contributed by atoms with E-state index in [4.69, 9.17) is 4.74 Å². The number of rotatable bonds is 7. The zero-order valence-corrected chi connectivity index (χ0v) is 18.9. The van der Waals surface area contributed by atoms with Crippen molar-refractivity contribution in [3.63, 3.8) is 0 Å². The van der Waals surface area contributed by atoms with E-state index in [1.54, 1.807) is 54.6 Å². The third-order valence-corrected chi connectivity index (χ3v) is 6.09. The van der Waals surface area contributed by atoms with Crippen LogP contribution in [-0.2, 0) is 30.3 Å². The molecule has 0 spiro atoms. The molecule has 0 aromatic heterocycles. The van der Waals surface area contributed by atoms with Crippen LogP contribution in [-0.4, -0.2) is 47.1 Å². The number of carbonyl (C=O) groups is 5. The molecule has 1 aliphatic carbocycles. The molecule has 35 heavy (non-hydrogen) atoms. The van der Waals surface area contributed by atoms with Crippen molar-refractivity contribution >= 4 is 29.6 Å². The van der Waals surface area contributed by atoms with Crippen molar-refractivity contribution in [1.29, 1.82) is 0 Å². The van der Waals surface area contributed by atoms with Gasteiger partial charge in [0.15, 0.2) is 6.61 Å². The van der Waals surface area contributed by atoms with Crippen LogP contribution in [0.15, 0.2) is 72.8 Å². The first-order valence-electron chi connectivity index (χ1n) is 11.3. The van der Waals surface area contributed by atoms with E-state index in [0.717, 1.165) is 10.5 Å². The van der Waals surface area contributed by atoms with Crippen LogP contribution in [0.25, 0.3) is 0 Å². The first-order valence-corrected chi connectivity index (χ1v) is 11.3. The Labute approximate surface area is 202 Å². The number of nitrogens with one attached hydrogen (secondary N) is 2. The highest BCUT2D eigenvalue weighted by molar-refractivity contribution is 6.08. The molecule has 2 aromatic rings. The zero-order valence-electron chi connectivity index (χ0n) is 18.9. The molecule has 180 valence electrons. The van der Waals surface area contributed by atoms with Crippen molar-refractivity contribution in [2.75, 3.05) is 6.61 Å². The molecule has 0 unspecified atom stereocenters. The Morgan fingerprint density at radius 1 is 0.857 bits per heavy atom. The molecular formula is C26H25N3O6. The maximum Gasteiger partial charge on any atom is 0.330 e. The lowest BCUT2D eigenvalue weighted by Crippen LogP contribution is -2.49. The Balaban J connectivity index is 1.41. The van der Waals surface area contributed by atoms with Crippen molar-refractivity contribution in [3.05, 3.63) is 83.9 Å². The van der Waals surface area contributed by atoms with E-state index in [2.05, 4.69) is 10.9 Å². The molecule has 2 aromatic carbocycles. The lowest BCUT2D eigenvalue weighted by Gasteiger charge is -2.25. The summed E-state index contributed by atoms with van der Waals surface area (Å²) >= 11 is 0. The molecule has 1 fully saturated rings. The lowest BCUT2D eigenvalue weighted by atomic mass is 9.85. The molecule has 2 aliphatic rings. The van der Waals surface area contributed by atoms with Gasteiger partial charge in [-0.05, 0) is 30.5 Å². The first kappa shape index (κ1) is 23.9. The van der Waals surface area contributed by atoms with Crippen molar-refractivity contribution in [1.82, 2.24) is 15.8 Å². The number of benzene rings is 2. The molecule has 1 saturated heterocycles. The smallest absolute Gasteiger partial charge is 0.330 e. The number of carbonyl (C=O) groups excluding carboxylic acids is 5. The van der Waals surface area contributed by atoms with Gasteiger partial charge in [-0.2, -0.15) is 0 Å². The fourth-order valence-electron chi connectivity index (χ4n) is 4.31. The van der Waals surface area contributed by atoms with E-state index < -0.39 is 54.1 Å². The van der Waals surface area contributed by atoms with Crippen LogP contribution in [0.5, 0.6) is 0 Å². The number of fused-ring (bicyclic) bond motifs is 1. The molecule has 1 aliphatic heterocycles. The summed E-state index contributed by atoms with van der Waals surface area (Å²) in [6, 6.07) is 16.0. The van der Waals surface area contributed by atoms with Crippen molar-refractivity contribution in [2.24, 2.45) is 11.8 Å². The number of hydrogen-bond donors (Lipinski definition) is 2. The molecule has 0 radical (unpaired) electrons. The molecule has 4 amide bonds. The zero-order chi connectivity index (χ0) is 24.8. The Morgan fingerprint density at radius 2 is 1.43 bits per heavy atom. The summed E-state index contributed by atoms with van der Waals surface area (Å²) < 4.78 is 5.17. The Kier molecular flexibility index (Phi) is 7.35. The van der Waals surface area contributed by atoms with Crippen molar-refractivity contribution in [2.45, 2.75) is 25.3 Å². The lowest BCUT2D eigenvalue weighted by molar-refractivity contribution is -0.160. The quantitative estimate of drug-likeness (QED) is 0.271. The Hall–Kier alpha value is -4.27. The van der Waals surface area contributed by atoms with Crippen LogP contribution in [0, 0.1) is 11.8 Å². The number of esters is 1. The summed E-state index contributed by atoms with van der Waals surface area (Å²) in [4.78, 5) is 64.4. The second-order valence-electron chi connectivity index (χ2n) is 8.38. The van der Waals surface area contributed by atoms with Crippen molar-refractivity contribution in [3.8, 4) is 0 Å². The Bertz CT molecular complexity index is 1120. The third-order valence-electron chi connectivity index (χ3n) is 6.09. The average Bonchev–Trinajstić information content (AvgIpc) is 3.15. The minimum absolute atomic E-state index is 0.0659. The standard InChI is InChI=1S/C26H25N3O6/c30-22(27-28-23(31)18-11-5-2-6-12-18)16-35-26(34)21(15-17-9-3-1-4-10-17)29-24(32)19-13-7-8-14-20(19)25(29)33/h1-12,19-21H,13-16H2,(H,27,30)(H,28,31)/t19-,20+,21-/m1/s1. The minimum atomic E-state index is -1.20.